The van der Waals surface area contributed by atoms with E-state index in [1.54, 1.807) is 58.2 Å². The number of carboxylic acids is 3. The number of benzene rings is 1. The molecule has 1 saturated heterocycles. The van der Waals surface area contributed by atoms with Crippen LogP contribution in [0.3, 0.4) is 0 Å². The number of para-hydroxylation sites is 1. The number of nitrogens with one attached hydrogen (secondary N) is 7. The number of fused-ring (bicyclic) bond motifs is 1. The van der Waals surface area contributed by atoms with Crippen molar-refractivity contribution in [3.05, 3.63) is 36.0 Å². The van der Waals surface area contributed by atoms with Crippen LogP contribution in [0, 0.1) is 11.8 Å². The van der Waals surface area contributed by atoms with Crippen molar-refractivity contribution in [1.29, 1.82) is 0 Å². The Morgan fingerprint density at radius 2 is 1.26 bits per heavy atom. The maximum atomic E-state index is 14.0. The number of hydrogen-bond donors (Lipinski definition) is 13. The molecule has 1 aromatic carbocycles. The normalized spacial score (nSPS) is 16.9. The van der Waals surface area contributed by atoms with Gasteiger partial charge in [-0.25, -0.2) is 4.79 Å². The first-order chi connectivity index (χ1) is 30.6. The molecule has 1 aliphatic rings. The molecular formula is C41H59N9O15. The molecule has 358 valence electrons. The number of aliphatic hydroxyl groups excluding tert-OH is 2. The van der Waals surface area contributed by atoms with Crippen LogP contribution in [0.4, 0.5) is 0 Å². The first-order valence-corrected chi connectivity index (χ1v) is 20.9. The molecule has 14 N–H and O–H groups in total. The minimum absolute atomic E-state index is 0.0102. The van der Waals surface area contributed by atoms with Crippen LogP contribution in [0.2, 0.25) is 0 Å². The highest BCUT2D eigenvalue weighted by Gasteiger charge is 2.41. The fourth-order valence-electron chi connectivity index (χ4n) is 7.10. The van der Waals surface area contributed by atoms with Crippen LogP contribution in [-0.4, -0.2) is 163 Å². The average molecular weight is 918 g/mol. The Morgan fingerprint density at radius 1 is 0.708 bits per heavy atom. The van der Waals surface area contributed by atoms with Gasteiger partial charge in [0.1, 0.15) is 48.3 Å². The lowest BCUT2D eigenvalue weighted by atomic mass is 10.0. The summed E-state index contributed by atoms with van der Waals surface area (Å²) in [5, 5.41) is 62.9. The van der Waals surface area contributed by atoms with Crippen molar-refractivity contribution in [2.45, 2.75) is 115 Å². The molecule has 0 aliphatic carbocycles. The van der Waals surface area contributed by atoms with Gasteiger partial charge < -0.3 is 73.1 Å². The van der Waals surface area contributed by atoms with Gasteiger partial charge in [0.2, 0.25) is 41.4 Å². The van der Waals surface area contributed by atoms with E-state index in [0.29, 0.717) is 5.56 Å². The van der Waals surface area contributed by atoms with Crippen molar-refractivity contribution in [2.24, 2.45) is 17.6 Å². The molecule has 24 heteroatoms. The third kappa shape index (κ3) is 15.2. The van der Waals surface area contributed by atoms with Crippen molar-refractivity contribution >= 4 is 70.2 Å². The third-order valence-corrected chi connectivity index (χ3v) is 10.5. The van der Waals surface area contributed by atoms with Crippen molar-refractivity contribution in [2.75, 3.05) is 19.8 Å². The van der Waals surface area contributed by atoms with Crippen LogP contribution < -0.4 is 37.6 Å². The van der Waals surface area contributed by atoms with Crippen molar-refractivity contribution in [3.8, 4) is 0 Å². The van der Waals surface area contributed by atoms with Gasteiger partial charge in [0.25, 0.3) is 0 Å². The first-order valence-electron chi connectivity index (χ1n) is 20.9. The topological polar surface area (TPSA) is 389 Å². The van der Waals surface area contributed by atoms with E-state index in [0.717, 1.165) is 15.8 Å². The number of carbonyl (C=O) groups is 10. The van der Waals surface area contributed by atoms with Crippen LogP contribution in [0.5, 0.6) is 0 Å². The summed E-state index contributed by atoms with van der Waals surface area (Å²) in [5.41, 5.74) is 6.87. The lowest BCUT2D eigenvalue weighted by Gasteiger charge is -2.30. The minimum Gasteiger partial charge on any atom is -0.481 e. The van der Waals surface area contributed by atoms with Crippen LogP contribution in [0.15, 0.2) is 30.5 Å². The fraction of sp³-hybridized carbons (Fsp3) is 0.561. The molecular weight excluding hydrogens is 858 g/mol. The summed E-state index contributed by atoms with van der Waals surface area (Å²) < 4.78 is 0. The number of rotatable bonds is 25. The van der Waals surface area contributed by atoms with Crippen molar-refractivity contribution in [3.63, 3.8) is 0 Å². The monoisotopic (exact) mass is 917 g/mol. The number of carbonyl (C=O) groups excluding carboxylic acids is 7. The van der Waals surface area contributed by atoms with Crippen LogP contribution in [0.1, 0.15) is 65.4 Å². The Balaban J connectivity index is 1.82. The Morgan fingerprint density at radius 3 is 1.85 bits per heavy atom. The largest absolute Gasteiger partial charge is 0.481 e. The summed E-state index contributed by atoms with van der Waals surface area (Å²) in [6, 6.07) is -5.34. The van der Waals surface area contributed by atoms with Crippen LogP contribution in [0.25, 0.3) is 10.9 Å². The van der Waals surface area contributed by atoms with Gasteiger partial charge in [-0.2, -0.15) is 0 Å². The molecule has 1 aromatic heterocycles. The standard InChI is InChI=1S/C41H59N9O15/c1-19(2)12-25(44-34(57)23(42)17-51)35(58)45-27(14-31(53)54)36(59)48-29(18-52)38(61)47-28(15-32(55)56)40(63)50-11-7-10-30(50)39(62)46-26(37(60)49-33(20(3)4)41(64)65)13-21-16-43-24-9-6-5-8-22(21)24/h5-6,8-9,16,19-20,23,25-30,33,43,51-52H,7,10-15,17-18,42H2,1-4H3,(H,44,57)(H,45,58)(H,46,62)(H,47,61)(H,48,59)(H,49,60)(H,53,54)(H,55,56)(H,64,65)/t23-,25-,26-,27-,28-,29-,30-,33-/m0/s1. The van der Waals surface area contributed by atoms with Gasteiger partial charge in [0.15, 0.2) is 0 Å². The molecule has 0 spiro atoms. The molecule has 1 fully saturated rings. The summed E-state index contributed by atoms with van der Waals surface area (Å²) in [5.74, 6) is -12.5. The predicted molar refractivity (Wildman–Crippen MR) is 227 cm³/mol. The lowest BCUT2D eigenvalue weighted by Crippen LogP contribution is -2.61. The fourth-order valence-corrected chi connectivity index (χ4v) is 7.10. The maximum absolute atomic E-state index is 14.0. The Bertz CT molecular complexity index is 2070. The quantitative estimate of drug-likeness (QED) is 0.0463. The number of aliphatic hydroxyl groups is 2. The number of nitrogens with zero attached hydrogens (tertiary/aromatic N) is 1. The molecule has 0 radical (unpaired) electrons. The summed E-state index contributed by atoms with van der Waals surface area (Å²) in [4.78, 5) is 134. The average Bonchev–Trinajstić information content (AvgIpc) is 3.90. The molecule has 2 heterocycles. The van der Waals surface area contributed by atoms with Crippen molar-refractivity contribution in [1.82, 2.24) is 41.8 Å². The second-order valence-electron chi connectivity index (χ2n) is 16.4. The van der Waals surface area contributed by atoms with E-state index in [2.05, 4.69) is 36.9 Å². The van der Waals surface area contributed by atoms with E-state index in [1.807, 2.05) is 0 Å². The van der Waals surface area contributed by atoms with Gasteiger partial charge in [0, 0.05) is 30.1 Å². The predicted octanol–water partition coefficient (Wildman–Crippen LogP) is -3.34. The highest BCUT2D eigenvalue weighted by molar-refractivity contribution is 5.99. The number of carboxylic acid groups (broad SMARTS) is 3. The maximum Gasteiger partial charge on any atom is 0.326 e. The number of aromatic nitrogens is 1. The Labute approximate surface area is 372 Å². The third-order valence-electron chi connectivity index (χ3n) is 10.5. The van der Waals surface area contributed by atoms with Gasteiger partial charge in [0.05, 0.1) is 26.1 Å². The first kappa shape index (κ1) is 52.7. The van der Waals surface area contributed by atoms with Crippen LogP contribution in [-0.2, 0) is 54.4 Å². The summed E-state index contributed by atoms with van der Waals surface area (Å²) >= 11 is 0. The molecule has 7 amide bonds. The highest BCUT2D eigenvalue weighted by atomic mass is 16.4. The smallest absolute Gasteiger partial charge is 0.326 e. The highest BCUT2D eigenvalue weighted by Crippen LogP contribution is 2.22. The van der Waals surface area contributed by atoms with Gasteiger partial charge in [-0.1, -0.05) is 45.9 Å². The van der Waals surface area contributed by atoms with Gasteiger partial charge in [-0.05, 0) is 42.7 Å². The van der Waals surface area contributed by atoms with Gasteiger partial charge in [-0.3, -0.25) is 43.2 Å². The number of likely N-dealkylation sites (tertiary alicyclic amines) is 1. The van der Waals surface area contributed by atoms with Gasteiger partial charge in [-0.15, -0.1) is 0 Å². The number of aliphatic carboxylic acids is 3. The van der Waals surface area contributed by atoms with E-state index in [-0.39, 0.29) is 38.1 Å². The van der Waals surface area contributed by atoms with Crippen molar-refractivity contribution < 1.29 is 73.5 Å². The van der Waals surface area contributed by atoms with E-state index < -0.39 is 140 Å². The molecule has 3 rings (SSSR count). The van der Waals surface area contributed by atoms with Crippen LogP contribution >= 0.6 is 0 Å². The second-order valence-corrected chi connectivity index (χ2v) is 16.4. The number of nitrogens with two attached hydrogens (primary N) is 1. The molecule has 24 nitrogen and oxygen atoms in total. The molecule has 1 aliphatic heterocycles. The molecule has 0 unspecified atom stereocenters. The summed E-state index contributed by atoms with van der Waals surface area (Å²) in [6.07, 6.45) is -0.304. The van der Waals surface area contributed by atoms with E-state index >= 15 is 0 Å². The second kappa shape index (κ2) is 24.4. The number of aromatic amines is 1. The molecule has 0 saturated carbocycles. The summed E-state index contributed by atoms with van der Waals surface area (Å²) in [7, 11) is 0. The Kier molecular flexibility index (Phi) is 19.8. The van der Waals surface area contributed by atoms with Gasteiger partial charge >= 0.3 is 17.9 Å². The number of H-pyrrole nitrogens is 1. The van der Waals surface area contributed by atoms with E-state index in [1.165, 1.54) is 0 Å². The van der Waals surface area contributed by atoms with E-state index in [9.17, 15) is 73.5 Å². The minimum atomic E-state index is -1.95. The molecule has 8 atom stereocenters. The zero-order valence-electron chi connectivity index (χ0n) is 36.4. The zero-order chi connectivity index (χ0) is 48.7. The van der Waals surface area contributed by atoms with E-state index in [4.69, 9.17) is 5.73 Å². The molecule has 65 heavy (non-hydrogen) atoms. The SMILES string of the molecule is CC(C)C[C@H](NC(=O)[C@@H](N)CO)C(=O)N[C@@H](CC(=O)O)C(=O)N[C@@H](CO)C(=O)N[C@@H](CC(=O)O)C(=O)N1CCC[C@H]1C(=O)N[C@@H](Cc1c[nH]c2ccccc12)C(=O)N[C@H](C(=O)O)C(C)C. The zero-order valence-corrected chi connectivity index (χ0v) is 36.4. The Hall–Kier alpha value is -6.66. The summed E-state index contributed by atoms with van der Waals surface area (Å²) in [6.45, 7) is 4.54. The lowest BCUT2D eigenvalue weighted by molar-refractivity contribution is -0.146. The number of hydrogen-bond acceptors (Lipinski definition) is 13. The number of amides is 7. The molecule has 0 bridgehead atoms. The molecule has 2 aromatic rings.